The predicted octanol–water partition coefficient (Wildman–Crippen LogP) is 3.14. The number of amides is 1. The Balaban J connectivity index is 2.11. The lowest BCUT2D eigenvalue weighted by molar-refractivity contribution is 0.0928. The highest BCUT2D eigenvalue weighted by Crippen LogP contribution is 2.25. The van der Waals surface area contributed by atoms with Gasteiger partial charge < -0.3 is 15.4 Å². The van der Waals surface area contributed by atoms with E-state index in [0.717, 1.165) is 29.7 Å². The van der Waals surface area contributed by atoms with Crippen LogP contribution in [0.1, 0.15) is 78.9 Å². The van der Waals surface area contributed by atoms with Crippen molar-refractivity contribution in [2.45, 2.75) is 71.4 Å². The minimum atomic E-state index is -0.550. The molecule has 1 aliphatic rings. The normalized spacial score (nSPS) is 18.6. The van der Waals surface area contributed by atoms with E-state index in [9.17, 15) is 9.90 Å². The Morgan fingerprint density at radius 3 is 2.35 bits per heavy atom. The molecule has 112 valence electrons. The van der Waals surface area contributed by atoms with Crippen LogP contribution < -0.4 is 5.32 Å². The number of aliphatic hydroxyl groups excluding tert-OH is 1. The van der Waals surface area contributed by atoms with E-state index in [4.69, 9.17) is 0 Å². The van der Waals surface area contributed by atoms with Crippen LogP contribution in [0.25, 0.3) is 0 Å². The minimum Gasteiger partial charge on any atom is -0.389 e. The Kier molecular flexibility index (Phi) is 4.86. The molecule has 1 aliphatic carbocycles. The van der Waals surface area contributed by atoms with E-state index in [0.29, 0.717) is 11.7 Å². The van der Waals surface area contributed by atoms with Crippen LogP contribution in [0, 0.1) is 13.8 Å². The highest BCUT2D eigenvalue weighted by molar-refractivity contribution is 5.94. The van der Waals surface area contributed by atoms with Crippen LogP contribution in [-0.2, 0) is 0 Å². The van der Waals surface area contributed by atoms with Crippen LogP contribution in [0.3, 0.4) is 0 Å². The van der Waals surface area contributed by atoms with E-state index < -0.39 is 6.10 Å². The zero-order valence-corrected chi connectivity index (χ0v) is 12.8. The van der Waals surface area contributed by atoms with E-state index in [-0.39, 0.29) is 5.91 Å². The van der Waals surface area contributed by atoms with Gasteiger partial charge in [-0.1, -0.05) is 25.7 Å². The lowest BCUT2D eigenvalue weighted by Gasteiger charge is -2.16. The third-order valence-electron chi connectivity index (χ3n) is 4.33. The molecule has 1 aromatic heterocycles. The summed E-state index contributed by atoms with van der Waals surface area (Å²) in [5, 5.41) is 12.9. The second-order valence-corrected chi connectivity index (χ2v) is 6.00. The Morgan fingerprint density at radius 2 is 1.85 bits per heavy atom. The minimum absolute atomic E-state index is 0.0376. The first-order chi connectivity index (χ1) is 9.50. The van der Waals surface area contributed by atoms with Crippen molar-refractivity contribution >= 4 is 5.91 Å². The van der Waals surface area contributed by atoms with Gasteiger partial charge in [-0.05, 0) is 39.2 Å². The van der Waals surface area contributed by atoms with Gasteiger partial charge in [0.2, 0.25) is 0 Å². The van der Waals surface area contributed by atoms with E-state index in [1.54, 1.807) is 6.92 Å². The Bertz CT molecular complexity index is 469. The SMILES string of the molecule is Cc1[nH]c(C(=O)NC2CCCCCC2)c(C)c1[C@H](C)O. The van der Waals surface area contributed by atoms with Crippen LogP contribution in [0.4, 0.5) is 0 Å². The largest absolute Gasteiger partial charge is 0.389 e. The van der Waals surface area contributed by atoms with Crippen molar-refractivity contribution in [3.63, 3.8) is 0 Å². The quantitative estimate of drug-likeness (QED) is 0.744. The lowest BCUT2D eigenvalue weighted by atomic mass is 10.0. The van der Waals surface area contributed by atoms with Crippen molar-refractivity contribution in [1.82, 2.24) is 10.3 Å². The van der Waals surface area contributed by atoms with E-state index in [1.807, 2.05) is 13.8 Å². The summed E-state index contributed by atoms with van der Waals surface area (Å²) in [6.07, 6.45) is 6.56. The first-order valence-electron chi connectivity index (χ1n) is 7.68. The first-order valence-corrected chi connectivity index (χ1v) is 7.68. The molecule has 2 rings (SSSR count). The van der Waals surface area contributed by atoms with Crippen LogP contribution >= 0.6 is 0 Å². The molecule has 0 bridgehead atoms. The zero-order valence-electron chi connectivity index (χ0n) is 12.8. The molecule has 1 saturated carbocycles. The molecule has 3 N–H and O–H groups in total. The van der Waals surface area contributed by atoms with Gasteiger partial charge in [-0.15, -0.1) is 0 Å². The van der Waals surface area contributed by atoms with Crippen molar-refractivity contribution in [3.8, 4) is 0 Å². The average molecular weight is 278 g/mol. The predicted molar refractivity (Wildman–Crippen MR) is 79.9 cm³/mol. The summed E-state index contributed by atoms with van der Waals surface area (Å²) < 4.78 is 0. The molecule has 0 unspecified atom stereocenters. The van der Waals surface area contributed by atoms with Gasteiger partial charge in [-0.25, -0.2) is 0 Å². The van der Waals surface area contributed by atoms with Crippen molar-refractivity contribution < 1.29 is 9.90 Å². The molecule has 0 saturated heterocycles. The molecule has 4 heteroatoms. The molecule has 0 aromatic carbocycles. The van der Waals surface area contributed by atoms with Crippen LogP contribution in [0.2, 0.25) is 0 Å². The summed E-state index contributed by atoms with van der Waals surface area (Å²) in [7, 11) is 0. The second kappa shape index (κ2) is 6.44. The number of hydrogen-bond acceptors (Lipinski definition) is 2. The van der Waals surface area contributed by atoms with Crippen molar-refractivity contribution in [1.29, 1.82) is 0 Å². The molecular weight excluding hydrogens is 252 g/mol. The Hall–Kier alpha value is -1.29. The molecule has 20 heavy (non-hydrogen) atoms. The number of hydrogen-bond donors (Lipinski definition) is 3. The summed E-state index contributed by atoms with van der Waals surface area (Å²) in [6.45, 7) is 5.53. The van der Waals surface area contributed by atoms with Gasteiger partial charge >= 0.3 is 0 Å². The van der Waals surface area contributed by atoms with Gasteiger partial charge in [0.15, 0.2) is 0 Å². The molecular formula is C16H26N2O2. The standard InChI is InChI=1S/C16H26N2O2/c1-10-14(12(3)19)11(2)17-15(10)16(20)18-13-8-6-4-5-7-9-13/h12-13,17,19H,4-9H2,1-3H3,(H,18,20)/t12-/m0/s1. The number of nitrogens with one attached hydrogen (secondary N) is 2. The second-order valence-electron chi connectivity index (χ2n) is 6.00. The first kappa shape index (κ1) is 15.1. The van der Waals surface area contributed by atoms with E-state index >= 15 is 0 Å². The van der Waals surface area contributed by atoms with Gasteiger partial charge in [-0.3, -0.25) is 4.79 Å². The zero-order chi connectivity index (χ0) is 14.7. The number of carbonyl (C=O) groups is 1. The maximum Gasteiger partial charge on any atom is 0.268 e. The van der Waals surface area contributed by atoms with Crippen LogP contribution in [0.5, 0.6) is 0 Å². The third-order valence-corrected chi connectivity index (χ3v) is 4.33. The number of rotatable bonds is 3. The molecule has 0 radical (unpaired) electrons. The summed E-state index contributed by atoms with van der Waals surface area (Å²) in [4.78, 5) is 15.5. The molecule has 1 atom stereocenters. The van der Waals surface area contributed by atoms with E-state index in [2.05, 4.69) is 10.3 Å². The summed E-state index contributed by atoms with van der Waals surface area (Å²) in [5.41, 5.74) is 3.19. The number of aliphatic hydroxyl groups is 1. The maximum absolute atomic E-state index is 12.4. The van der Waals surface area contributed by atoms with E-state index in [1.165, 1.54) is 25.7 Å². The van der Waals surface area contributed by atoms with Crippen molar-refractivity contribution in [2.24, 2.45) is 0 Å². The fourth-order valence-electron chi connectivity index (χ4n) is 3.30. The molecule has 0 aliphatic heterocycles. The average Bonchev–Trinajstić information content (AvgIpc) is 2.55. The summed E-state index contributed by atoms with van der Waals surface area (Å²) in [6, 6.07) is 0.294. The summed E-state index contributed by atoms with van der Waals surface area (Å²) in [5.74, 6) is -0.0376. The number of carbonyl (C=O) groups excluding carboxylic acids is 1. The summed E-state index contributed by atoms with van der Waals surface area (Å²) >= 11 is 0. The fraction of sp³-hybridized carbons (Fsp3) is 0.688. The smallest absolute Gasteiger partial charge is 0.268 e. The molecule has 1 heterocycles. The third kappa shape index (κ3) is 3.23. The molecule has 4 nitrogen and oxygen atoms in total. The number of H-pyrrole nitrogens is 1. The van der Waals surface area contributed by atoms with Crippen molar-refractivity contribution in [2.75, 3.05) is 0 Å². The number of aromatic amines is 1. The van der Waals surface area contributed by atoms with Gasteiger partial charge in [0.1, 0.15) is 5.69 Å². The molecule has 0 spiro atoms. The Morgan fingerprint density at radius 1 is 1.25 bits per heavy atom. The topological polar surface area (TPSA) is 65.1 Å². The van der Waals surface area contributed by atoms with Gasteiger partial charge in [0, 0.05) is 17.3 Å². The monoisotopic (exact) mass is 278 g/mol. The number of aromatic nitrogens is 1. The van der Waals surface area contributed by atoms with Gasteiger partial charge in [0.05, 0.1) is 6.10 Å². The highest BCUT2D eigenvalue weighted by atomic mass is 16.3. The number of aryl methyl sites for hydroxylation is 1. The van der Waals surface area contributed by atoms with Crippen LogP contribution in [-0.4, -0.2) is 22.0 Å². The maximum atomic E-state index is 12.4. The fourth-order valence-corrected chi connectivity index (χ4v) is 3.30. The van der Waals surface area contributed by atoms with Gasteiger partial charge in [-0.2, -0.15) is 0 Å². The van der Waals surface area contributed by atoms with Gasteiger partial charge in [0.25, 0.3) is 5.91 Å². The molecule has 1 amide bonds. The lowest BCUT2D eigenvalue weighted by Crippen LogP contribution is -2.35. The molecule has 1 fully saturated rings. The molecule has 1 aromatic rings. The highest BCUT2D eigenvalue weighted by Gasteiger charge is 2.22. The Labute approximate surface area is 121 Å². The van der Waals surface area contributed by atoms with Crippen LogP contribution in [0.15, 0.2) is 0 Å². The van der Waals surface area contributed by atoms with Crippen molar-refractivity contribution in [3.05, 3.63) is 22.5 Å².